The van der Waals surface area contributed by atoms with Crippen molar-refractivity contribution < 1.29 is 14.6 Å². The first-order valence-corrected chi connectivity index (χ1v) is 8.97. The second kappa shape index (κ2) is 6.14. The highest BCUT2D eigenvalue weighted by Crippen LogP contribution is 2.37. The molecule has 98 valence electrons. The summed E-state index contributed by atoms with van der Waals surface area (Å²) in [6.45, 7) is 13.0. The smallest absolute Gasteiger partial charge is 0.192 e. The number of aliphatic hydroxyl groups excluding tert-OH is 2. The molecule has 0 spiro atoms. The van der Waals surface area contributed by atoms with Crippen molar-refractivity contribution in [3.8, 4) is 0 Å². The average Bonchev–Trinajstić information content (AvgIpc) is 2.11. The first-order chi connectivity index (χ1) is 7.10. The Bertz CT molecular complexity index is 199. The summed E-state index contributed by atoms with van der Waals surface area (Å²) in [4.78, 5) is 0. The van der Waals surface area contributed by atoms with Gasteiger partial charge in [-0.05, 0) is 37.9 Å². The highest BCUT2D eigenvalue weighted by molar-refractivity contribution is 6.74. The van der Waals surface area contributed by atoms with Gasteiger partial charge in [0, 0.05) is 6.10 Å². The maximum Gasteiger partial charge on any atom is 0.192 e. The lowest BCUT2D eigenvalue weighted by atomic mass is 10.1. The van der Waals surface area contributed by atoms with Crippen LogP contribution in [-0.2, 0) is 4.43 Å². The Morgan fingerprint density at radius 1 is 1.19 bits per heavy atom. The van der Waals surface area contributed by atoms with Crippen LogP contribution in [0.2, 0.25) is 18.1 Å². The Morgan fingerprint density at radius 3 is 2.06 bits per heavy atom. The normalized spacial score (nSPS) is 17.2. The number of hydrogen-bond acceptors (Lipinski definition) is 3. The number of rotatable bonds is 6. The van der Waals surface area contributed by atoms with Gasteiger partial charge in [-0.15, -0.1) is 0 Å². The topological polar surface area (TPSA) is 49.7 Å². The molecule has 0 unspecified atom stereocenters. The van der Waals surface area contributed by atoms with Crippen molar-refractivity contribution in [1.82, 2.24) is 0 Å². The van der Waals surface area contributed by atoms with Gasteiger partial charge in [-0.25, -0.2) is 0 Å². The van der Waals surface area contributed by atoms with Gasteiger partial charge in [0.15, 0.2) is 8.32 Å². The van der Waals surface area contributed by atoms with Crippen molar-refractivity contribution in [2.24, 2.45) is 0 Å². The van der Waals surface area contributed by atoms with E-state index < -0.39 is 14.4 Å². The molecule has 0 fully saturated rings. The summed E-state index contributed by atoms with van der Waals surface area (Å²) < 4.78 is 6.14. The van der Waals surface area contributed by atoms with Gasteiger partial charge in [-0.3, -0.25) is 0 Å². The summed E-state index contributed by atoms with van der Waals surface area (Å²) in [5, 5.41) is 18.2. The Kier molecular flexibility index (Phi) is 6.18. The van der Waals surface area contributed by atoms with Gasteiger partial charge < -0.3 is 14.6 Å². The van der Waals surface area contributed by atoms with Gasteiger partial charge in [0.2, 0.25) is 0 Å². The maximum atomic E-state index is 9.27. The lowest BCUT2D eigenvalue weighted by Gasteiger charge is -2.38. The van der Waals surface area contributed by atoms with E-state index in [1.165, 1.54) is 0 Å². The SMILES string of the molecule is C[C@H](CC[C@@H](O)CO)O[Si](C)(C)C(C)(C)C. The Morgan fingerprint density at radius 2 is 1.69 bits per heavy atom. The van der Waals surface area contributed by atoms with Crippen LogP contribution in [-0.4, -0.2) is 37.3 Å². The number of hydrogen-bond donors (Lipinski definition) is 2. The largest absolute Gasteiger partial charge is 0.414 e. The molecule has 16 heavy (non-hydrogen) atoms. The van der Waals surface area contributed by atoms with E-state index in [9.17, 15) is 5.11 Å². The Balaban J connectivity index is 4.09. The molecule has 0 aromatic carbocycles. The van der Waals surface area contributed by atoms with Gasteiger partial charge >= 0.3 is 0 Å². The van der Waals surface area contributed by atoms with Crippen LogP contribution >= 0.6 is 0 Å². The first kappa shape index (κ1) is 16.1. The third kappa shape index (κ3) is 5.43. The van der Waals surface area contributed by atoms with Crippen LogP contribution in [0.5, 0.6) is 0 Å². The molecule has 0 aliphatic carbocycles. The minimum atomic E-state index is -1.69. The molecule has 3 nitrogen and oxygen atoms in total. The summed E-state index contributed by atoms with van der Waals surface area (Å²) in [5.74, 6) is 0. The summed E-state index contributed by atoms with van der Waals surface area (Å²) >= 11 is 0. The van der Waals surface area contributed by atoms with Gasteiger partial charge in [-0.1, -0.05) is 20.8 Å². The minimum Gasteiger partial charge on any atom is -0.414 e. The molecule has 2 N–H and O–H groups in total. The molecule has 0 aromatic rings. The van der Waals surface area contributed by atoms with Crippen molar-refractivity contribution in [2.45, 2.75) is 70.9 Å². The third-order valence-corrected chi connectivity index (χ3v) is 8.02. The Labute approximate surface area is 101 Å². The molecule has 0 aliphatic heterocycles. The van der Waals surface area contributed by atoms with Gasteiger partial charge in [0.1, 0.15) is 0 Å². The first-order valence-electron chi connectivity index (χ1n) is 6.07. The number of aliphatic hydroxyl groups is 2. The fourth-order valence-corrected chi connectivity index (χ4v) is 2.73. The Hall–Kier alpha value is 0.0969. The molecule has 0 saturated carbocycles. The van der Waals surface area contributed by atoms with Crippen LogP contribution in [0.1, 0.15) is 40.5 Å². The highest BCUT2D eigenvalue weighted by atomic mass is 28.4. The van der Waals surface area contributed by atoms with Gasteiger partial charge in [0.05, 0.1) is 12.7 Å². The fourth-order valence-electron chi connectivity index (χ4n) is 1.26. The van der Waals surface area contributed by atoms with Crippen LogP contribution in [0.15, 0.2) is 0 Å². The van der Waals surface area contributed by atoms with E-state index in [0.717, 1.165) is 6.42 Å². The van der Waals surface area contributed by atoms with Crippen molar-refractivity contribution in [2.75, 3.05) is 6.61 Å². The van der Waals surface area contributed by atoms with Crippen LogP contribution in [0, 0.1) is 0 Å². The summed E-state index contributed by atoms with van der Waals surface area (Å²) in [5.41, 5.74) is 0. The van der Waals surface area contributed by atoms with Crippen molar-refractivity contribution >= 4 is 8.32 Å². The molecule has 0 saturated heterocycles. The molecule has 0 radical (unpaired) electrons. The summed E-state index contributed by atoms with van der Waals surface area (Å²) in [6, 6.07) is 0. The molecular weight excluding hydrogens is 220 g/mol. The molecule has 0 amide bonds. The van der Waals surface area contributed by atoms with Crippen LogP contribution in [0.4, 0.5) is 0 Å². The van der Waals surface area contributed by atoms with E-state index in [2.05, 4.69) is 33.9 Å². The van der Waals surface area contributed by atoms with Crippen molar-refractivity contribution in [1.29, 1.82) is 0 Å². The minimum absolute atomic E-state index is 0.155. The highest BCUT2D eigenvalue weighted by Gasteiger charge is 2.38. The predicted octanol–water partition coefficient (Wildman–Crippen LogP) is 2.53. The summed E-state index contributed by atoms with van der Waals surface area (Å²) in [6.07, 6.45) is 0.952. The quantitative estimate of drug-likeness (QED) is 0.710. The zero-order valence-electron chi connectivity index (χ0n) is 11.6. The predicted molar refractivity (Wildman–Crippen MR) is 70.1 cm³/mol. The lowest BCUT2D eigenvalue weighted by Crippen LogP contribution is -2.43. The van der Waals surface area contributed by atoms with Gasteiger partial charge in [-0.2, -0.15) is 0 Å². The maximum absolute atomic E-state index is 9.27. The van der Waals surface area contributed by atoms with E-state index >= 15 is 0 Å². The van der Waals surface area contributed by atoms with E-state index in [1.54, 1.807) is 0 Å². The fraction of sp³-hybridized carbons (Fsp3) is 1.00. The van der Waals surface area contributed by atoms with Crippen LogP contribution in [0.3, 0.4) is 0 Å². The molecule has 0 bridgehead atoms. The monoisotopic (exact) mass is 248 g/mol. The van der Waals surface area contributed by atoms with Crippen LogP contribution in [0.25, 0.3) is 0 Å². The molecule has 0 heterocycles. The third-order valence-electron chi connectivity index (χ3n) is 3.42. The zero-order valence-corrected chi connectivity index (χ0v) is 12.6. The molecular formula is C12H28O3Si. The zero-order chi connectivity index (χ0) is 13.0. The molecule has 0 rings (SSSR count). The lowest BCUT2D eigenvalue weighted by molar-refractivity contribution is 0.0733. The van der Waals surface area contributed by atoms with Crippen molar-refractivity contribution in [3.63, 3.8) is 0 Å². The molecule has 4 heteroatoms. The van der Waals surface area contributed by atoms with Crippen molar-refractivity contribution in [3.05, 3.63) is 0 Å². The van der Waals surface area contributed by atoms with Gasteiger partial charge in [0.25, 0.3) is 0 Å². The molecule has 0 aromatic heterocycles. The standard InChI is InChI=1S/C12H28O3Si/c1-10(7-8-11(14)9-13)15-16(5,6)12(2,3)4/h10-11,13-14H,7-9H2,1-6H3/t10-,11-/m1/s1. The molecule has 0 aliphatic rings. The summed E-state index contributed by atoms with van der Waals surface area (Å²) in [7, 11) is -1.69. The van der Waals surface area contributed by atoms with E-state index in [0.29, 0.717) is 6.42 Å². The molecule has 2 atom stereocenters. The van der Waals surface area contributed by atoms with E-state index in [1.807, 2.05) is 6.92 Å². The van der Waals surface area contributed by atoms with Crippen LogP contribution < -0.4 is 0 Å². The van der Waals surface area contributed by atoms with E-state index in [-0.39, 0.29) is 17.7 Å². The average molecular weight is 248 g/mol. The van der Waals surface area contributed by atoms with E-state index in [4.69, 9.17) is 9.53 Å². The second-order valence-corrected chi connectivity index (χ2v) is 10.9. The second-order valence-electron chi connectivity index (χ2n) is 6.10.